The Kier molecular flexibility index (Phi) is 8.81. The third-order valence-corrected chi connectivity index (χ3v) is 5.84. The molecule has 3 rings (SSSR count). The number of ether oxygens (including phenoxy) is 3. The van der Waals surface area contributed by atoms with Crippen LogP contribution in [0.5, 0.6) is 11.5 Å². The van der Waals surface area contributed by atoms with Gasteiger partial charge < -0.3 is 29.0 Å². The summed E-state index contributed by atoms with van der Waals surface area (Å²) in [5, 5.41) is 3.44. The van der Waals surface area contributed by atoms with E-state index in [-0.39, 0.29) is 6.04 Å². The number of aliphatic imine (C=N–C) groups is 1. The fraction of sp³-hybridized carbons (Fsp3) is 0.542. The molecule has 1 aromatic carbocycles. The molecule has 8 nitrogen and oxygen atoms in total. The summed E-state index contributed by atoms with van der Waals surface area (Å²) in [6.45, 7) is 7.56. The summed E-state index contributed by atoms with van der Waals surface area (Å²) in [4.78, 5) is 9.65. The van der Waals surface area contributed by atoms with Gasteiger partial charge in [-0.2, -0.15) is 0 Å². The molecule has 0 spiro atoms. The second-order valence-electron chi connectivity index (χ2n) is 7.94. The normalized spacial score (nSPS) is 16.0. The highest BCUT2D eigenvalue weighted by Gasteiger charge is 2.24. The number of aromatic nitrogens is 1. The first-order chi connectivity index (χ1) is 15.6. The Morgan fingerprint density at radius 2 is 1.94 bits per heavy atom. The molecule has 1 unspecified atom stereocenters. The van der Waals surface area contributed by atoms with Crippen LogP contribution in [0.2, 0.25) is 0 Å². The number of nitrogens with zero attached hydrogens (tertiary/aromatic N) is 4. The Balaban J connectivity index is 1.85. The van der Waals surface area contributed by atoms with Gasteiger partial charge in [0.05, 0.1) is 46.6 Å². The first-order valence-electron chi connectivity index (χ1n) is 11.2. The molecule has 1 N–H and O–H groups in total. The summed E-state index contributed by atoms with van der Waals surface area (Å²) in [5.74, 6) is 2.36. The number of morpholine rings is 1. The van der Waals surface area contributed by atoms with E-state index in [1.165, 1.54) is 5.69 Å². The molecule has 0 saturated carbocycles. The summed E-state index contributed by atoms with van der Waals surface area (Å²) >= 11 is 0. The van der Waals surface area contributed by atoms with Gasteiger partial charge in [-0.15, -0.1) is 0 Å². The van der Waals surface area contributed by atoms with E-state index in [9.17, 15) is 0 Å². The predicted molar refractivity (Wildman–Crippen MR) is 128 cm³/mol. The Morgan fingerprint density at radius 3 is 2.56 bits per heavy atom. The molecule has 1 atom stereocenters. The fourth-order valence-corrected chi connectivity index (χ4v) is 4.00. The second kappa shape index (κ2) is 11.8. The summed E-state index contributed by atoms with van der Waals surface area (Å²) in [6.07, 6.45) is 2.07. The van der Waals surface area contributed by atoms with Crippen molar-refractivity contribution >= 4 is 5.96 Å². The minimum Gasteiger partial charge on any atom is -0.493 e. The van der Waals surface area contributed by atoms with Gasteiger partial charge in [0.2, 0.25) is 0 Å². The second-order valence-corrected chi connectivity index (χ2v) is 7.94. The topological polar surface area (TPSA) is 63.5 Å². The van der Waals surface area contributed by atoms with E-state index in [0.29, 0.717) is 6.54 Å². The van der Waals surface area contributed by atoms with Gasteiger partial charge >= 0.3 is 0 Å². The summed E-state index contributed by atoms with van der Waals surface area (Å²) in [7, 11) is 7.48. The molecule has 0 bridgehead atoms. The highest BCUT2D eigenvalue weighted by molar-refractivity contribution is 5.79. The zero-order valence-corrected chi connectivity index (χ0v) is 20.0. The van der Waals surface area contributed by atoms with Gasteiger partial charge in [0, 0.05) is 45.6 Å². The van der Waals surface area contributed by atoms with E-state index in [1.807, 2.05) is 6.07 Å². The molecule has 2 aromatic rings. The fourth-order valence-electron chi connectivity index (χ4n) is 4.00. The van der Waals surface area contributed by atoms with Crippen LogP contribution in [0.1, 0.15) is 24.2 Å². The van der Waals surface area contributed by atoms with Gasteiger partial charge in [-0.25, -0.2) is 0 Å². The van der Waals surface area contributed by atoms with Crippen molar-refractivity contribution in [3.8, 4) is 11.5 Å². The van der Waals surface area contributed by atoms with Crippen LogP contribution in [0, 0.1) is 0 Å². The number of aryl methyl sites for hydroxylation is 1. The Bertz CT molecular complexity index is 876. The Labute approximate surface area is 191 Å². The van der Waals surface area contributed by atoms with Crippen molar-refractivity contribution in [2.45, 2.75) is 19.5 Å². The van der Waals surface area contributed by atoms with Crippen molar-refractivity contribution in [1.29, 1.82) is 0 Å². The largest absolute Gasteiger partial charge is 0.493 e. The van der Waals surface area contributed by atoms with E-state index in [1.54, 1.807) is 14.2 Å². The zero-order valence-electron chi connectivity index (χ0n) is 20.0. The van der Waals surface area contributed by atoms with Crippen molar-refractivity contribution in [1.82, 2.24) is 19.7 Å². The molecule has 1 aliphatic rings. The zero-order chi connectivity index (χ0) is 22.9. The molecule has 1 aromatic heterocycles. The minimum absolute atomic E-state index is 0.121. The summed E-state index contributed by atoms with van der Waals surface area (Å²) < 4.78 is 18.7. The number of benzene rings is 1. The lowest BCUT2D eigenvalue weighted by atomic mass is 10.0. The van der Waals surface area contributed by atoms with E-state index in [2.05, 4.69) is 71.2 Å². The molecular weight excluding hydrogens is 406 g/mol. The summed E-state index contributed by atoms with van der Waals surface area (Å²) in [6, 6.07) is 10.5. The van der Waals surface area contributed by atoms with Gasteiger partial charge in [0.25, 0.3) is 0 Å². The first kappa shape index (κ1) is 23.9. The van der Waals surface area contributed by atoms with Crippen LogP contribution in [-0.4, -0.2) is 81.0 Å². The smallest absolute Gasteiger partial charge is 0.194 e. The van der Waals surface area contributed by atoms with E-state index < -0.39 is 0 Å². The quantitative estimate of drug-likeness (QED) is 0.475. The maximum absolute atomic E-state index is 5.59. The third kappa shape index (κ3) is 5.95. The lowest BCUT2D eigenvalue weighted by Gasteiger charge is -2.34. The molecule has 0 aliphatic carbocycles. The average molecular weight is 444 g/mol. The maximum atomic E-state index is 5.59. The lowest BCUT2D eigenvalue weighted by Crippen LogP contribution is -2.42. The van der Waals surface area contributed by atoms with Crippen molar-refractivity contribution < 1.29 is 14.2 Å². The van der Waals surface area contributed by atoms with Crippen LogP contribution in [0.3, 0.4) is 0 Å². The van der Waals surface area contributed by atoms with Crippen LogP contribution < -0.4 is 14.8 Å². The van der Waals surface area contributed by atoms with Gasteiger partial charge in [0.1, 0.15) is 0 Å². The van der Waals surface area contributed by atoms with Gasteiger partial charge in [-0.1, -0.05) is 6.07 Å². The Morgan fingerprint density at radius 1 is 1.19 bits per heavy atom. The van der Waals surface area contributed by atoms with Crippen LogP contribution in [0.4, 0.5) is 0 Å². The number of nitrogens with one attached hydrogen (secondary N) is 1. The molecule has 1 fully saturated rings. The lowest BCUT2D eigenvalue weighted by molar-refractivity contribution is 0.0179. The molecule has 176 valence electrons. The third-order valence-electron chi connectivity index (χ3n) is 5.84. The van der Waals surface area contributed by atoms with Crippen molar-refractivity contribution in [2.24, 2.45) is 12.0 Å². The highest BCUT2D eigenvalue weighted by atomic mass is 16.5. The number of guanidine groups is 1. The molecule has 0 radical (unpaired) electrons. The minimum atomic E-state index is 0.121. The van der Waals surface area contributed by atoms with Crippen LogP contribution in [-0.2, 0) is 18.3 Å². The van der Waals surface area contributed by atoms with Gasteiger partial charge in [-0.05, 0) is 36.8 Å². The van der Waals surface area contributed by atoms with Crippen molar-refractivity contribution in [2.75, 3.05) is 60.7 Å². The molecule has 0 amide bonds. The van der Waals surface area contributed by atoms with Crippen molar-refractivity contribution in [3.63, 3.8) is 0 Å². The molecular formula is C24H37N5O3. The molecule has 1 aliphatic heterocycles. The number of hydrogen-bond acceptors (Lipinski definition) is 5. The standard InChI is InChI=1S/C24H37N5O3/c1-6-25-24(28(3)18-20-8-7-11-27(20)2)26-17-21(29-12-14-32-15-13-29)19-9-10-22(30-4)23(16-19)31-5/h7-11,16,21H,6,12-15,17-18H2,1-5H3,(H,25,26). The van der Waals surface area contributed by atoms with Crippen molar-refractivity contribution in [3.05, 3.63) is 47.8 Å². The van der Waals surface area contributed by atoms with Gasteiger partial charge in [-0.3, -0.25) is 9.89 Å². The SMILES string of the molecule is CCNC(=NCC(c1ccc(OC)c(OC)c1)N1CCOCC1)N(C)Cc1cccn1C. The van der Waals surface area contributed by atoms with Crippen LogP contribution in [0.15, 0.2) is 41.5 Å². The first-order valence-corrected chi connectivity index (χ1v) is 11.2. The van der Waals surface area contributed by atoms with E-state index in [4.69, 9.17) is 19.2 Å². The predicted octanol–water partition coefficient (Wildman–Crippen LogP) is 2.51. The van der Waals surface area contributed by atoms with Gasteiger partial charge in [0.15, 0.2) is 17.5 Å². The number of hydrogen-bond donors (Lipinski definition) is 1. The molecule has 8 heteroatoms. The molecule has 1 saturated heterocycles. The van der Waals surface area contributed by atoms with Crippen LogP contribution >= 0.6 is 0 Å². The maximum Gasteiger partial charge on any atom is 0.194 e. The summed E-state index contributed by atoms with van der Waals surface area (Å²) in [5.41, 5.74) is 2.40. The average Bonchev–Trinajstić information content (AvgIpc) is 3.23. The van der Waals surface area contributed by atoms with E-state index in [0.717, 1.165) is 62.4 Å². The highest BCUT2D eigenvalue weighted by Crippen LogP contribution is 2.32. The molecule has 32 heavy (non-hydrogen) atoms. The van der Waals surface area contributed by atoms with Crippen LogP contribution in [0.25, 0.3) is 0 Å². The number of rotatable bonds is 9. The monoisotopic (exact) mass is 443 g/mol. The molecule has 2 heterocycles. The Hall–Kier alpha value is -2.71. The van der Waals surface area contributed by atoms with E-state index >= 15 is 0 Å². The number of methoxy groups -OCH3 is 2.